The Kier molecular flexibility index (Phi) is 32.9. The zero-order valence-corrected chi connectivity index (χ0v) is 38.0. The number of aldehydes is 1. The number of hydrogen-bond acceptors (Lipinski definition) is 29. The first-order valence-electron chi connectivity index (χ1n) is 20.1. The van der Waals surface area contributed by atoms with E-state index >= 15 is 0 Å². The number of hydrogen-bond donors (Lipinski definition) is 21. The molecule has 29 nitrogen and oxygen atoms in total. The van der Waals surface area contributed by atoms with Crippen LogP contribution in [0.2, 0.25) is 0 Å². The highest BCUT2D eigenvalue weighted by atomic mass is 35.5. The Hall–Kier alpha value is -0.580. The maximum Gasteiger partial charge on any atom is 0.189 e. The van der Waals surface area contributed by atoms with Crippen LogP contribution >= 0.6 is 35.6 Å². The normalized spacial score (nSPS) is 40.5. The molecule has 32 heteroatoms. The maximum atomic E-state index is 9.94. The van der Waals surface area contributed by atoms with E-state index in [0.29, 0.717) is 11.8 Å². The van der Waals surface area contributed by atoms with E-state index in [-0.39, 0.29) is 18.7 Å². The van der Waals surface area contributed by atoms with Crippen LogP contribution in [-0.2, 0) is 33.2 Å². The lowest BCUT2D eigenvalue weighted by Crippen LogP contribution is -2.64. The van der Waals surface area contributed by atoms with Crippen LogP contribution in [0.4, 0.5) is 0 Å². The van der Waals surface area contributed by atoms with E-state index < -0.39 is 180 Å². The molecule has 0 spiro atoms. The van der Waals surface area contributed by atoms with Gasteiger partial charge in [0.15, 0.2) is 31.4 Å². The predicted octanol–water partition coefficient (Wildman–Crippen LogP) is -12.4. The summed E-state index contributed by atoms with van der Waals surface area (Å²) in [6.07, 6.45) is -38.0. The average Bonchev–Trinajstić information content (AvgIpc) is 3.31. The van der Waals surface area contributed by atoms with Crippen molar-refractivity contribution < 1.29 is 140 Å². The number of halogens is 3. The fourth-order valence-electron chi connectivity index (χ4n) is 6.08. The Labute approximate surface area is 398 Å². The van der Waals surface area contributed by atoms with Crippen LogP contribution in [0.5, 0.6) is 0 Å². The molecule has 67 heavy (non-hydrogen) atoms. The molecule has 4 aliphatic heterocycles. The SMILES string of the molecule is CN(CCCl)CCCl.Cl.O=C[C@@H](O)[C@@H](O)[C@H](O)[C@H](O)CO.OC[C@H]1O[C@@H](O[C@H]2[C@H](O)[C@@H](O)[C@H](O)O[C@@H]2CO)[C@H](O)[C@@H](O)[C@H]1O.OC[C@H]1O[C@H](O[C@H]2O[C@H](CO)[C@@H](O)[C@H](O)[C@H]2O)[C@H](O)[C@@H](O)[C@@H]1O. The van der Waals surface area contributed by atoms with Crippen molar-refractivity contribution in [2.45, 2.75) is 147 Å². The fourth-order valence-corrected chi connectivity index (χ4v) is 6.66. The van der Waals surface area contributed by atoms with Crippen molar-refractivity contribution in [3.8, 4) is 0 Å². The van der Waals surface area contributed by atoms with Crippen LogP contribution in [0, 0.1) is 0 Å². The number of rotatable bonds is 17. The summed E-state index contributed by atoms with van der Waals surface area (Å²) in [7, 11) is 2.00. The summed E-state index contributed by atoms with van der Waals surface area (Å²) in [5.74, 6) is 1.38. The van der Waals surface area contributed by atoms with Crippen LogP contribution < -0.4 is 0 Å². The minimum atomic E-state index is -1.79. The quantitative estimate of drug-likeness (QED) is 0.0475. The number of carbonyl (C=O) groups excluding carboxylic acids is 1. The van der Waals surface area contributed by atoms with Gasteiger partial charge in [-0.15, -0.1) is 35.6 Å². The van der Waals surface area contributed by atoms with Crippen molar-refractivity contribution in [2.75, 3.05) is 64.9 Å². The molecular formula is C35H68Cl3NO28. The third-order valence-corrected chi connectivity index (χ3v) is 10.6. The van der Waals surface area contributed by atoms with E-state index in [1.54, 1.807) is 0 Å². The van der Waals surface area contributed by atoms with Gasteiger partial charge in [-0.2, -0.15) is 0 Å². The van der Waals surface area contributed by atoms with Crippen molar-refractivity contribution in [2.24, 2.45) is 0 Å². The molecule has 402 valence electrons. The highest BCUT2D eigenvalue weighted by Crippen LogP contribution is 2.30. The van der Waals surface area contributed by atoms with Crippen molar-refractivity contribution >= 4 is 41.9 Å². The zero-order chi connectivity index (χ0) is 50.7. The average molecular weight is 1060 g/mol. The van der Waals surface area contributed by atoms with Gasteiger partial charge in [-0.05, 0) is 7.05 Å². The molecule has 4 fully saturated rings. The second-order valence-corrected chi connectivity index (χ2v) is 15.9. The molecule has 0 bridgehead atoms. The molecule has 0 amide bonds. The molecule has 0 aromatic carbocycles. The monoisotopic (exact) mass is 1060 g/mol. The summed E-state index contributed by atoms with van der Waals surface area (Å²) in [5, 5.41) is 196. The van der Waals surface area contributed by atoms with E-state index in [2.05, 4.69) is 4.90 Å². The van der Waals surface area contributed by atoms with Crippen molar-refractivity contribution in [1.29, 1.82) is 0 Å². The Morgan fingerprint density at radius 1 is 0.507 bits per heavy atom. The fraction of sp³-hybridized carbons (Fsp3) is 0.971. The molecule has 0 radical (unpaired) electrons. The number of ether oxygens (including phenoxy) is 6. The second kappa shape index (κ2) is 33.2. The maximum absolute atomic E-state index is 9.94. The molecule has 0 aliphatic carbocycles. The van der Waals surface area contributed by atoms with Gasteiger partial charge in [-0.3, -0.25) is 0 Å². The van der Waals surface area contributed by atoms with Crippen LogP contribution in [0.15, 0.2) is 0 Å². The molecule has 24 atom stereocenters. The lowest BCUT2D eigenvalue weighted by atomic mass is 9.97. The van der Waals surface area contributed by atoms with Gasteiger partial charge < -0.3 is 145 Å². The minimum Gasteiger partial charge on any atom is -0.394 e. The molecule has 4 rings (SSSR count). The Balaban J connectivity index is 0.000000930. The van der Waals surface area contributed by atoms with E-state index in [4.69, 9.17) is 92.5 Å². The van der Waals surface area contributed by atoms with Gasteiger partial charge in [-0.25, -0.2) is 0 Å². The molecule has 21 N–H and O–H groups in total. The van der Waals surface area contributed by atoms with Gasteiger partial charge in [-0.1, -0.05) is 0 Å². The molecule has 0 unspecified atom stereocenters. The molecule has 0 aromatic rings. The topological polar surface area (TPSA) is 501 Å². The number of aliphatic hydroxyl groups excluding tert-OH is 21. The number of carbonyl (C=O) groups is 1. The molecule has 4 aliphatic rings. The molecule has 0 saturated carbocycles. The third-order valence-electron chi connectivity index (χ3n) is 10.3. The van der Waals surface area contributed by atoms with Crippen LogP contribution in [-0.4, -0.2) is 331 Å². The van der Waals surface area contributed by atoms with Crippen LogP contribution in [0.1, 0.15) is 0 Å². The first-order valence-corrected chi connectivity index (χ1v) is 21.2. The Morgan fingerprint density at radius 2 is 0.866 bits per heavy atom. The summed E-state index contributed by atoms with van der Waals surface area (Å²) < 4.78 is 30.6. The smallest absolute Gasteiger partial charge is 0.189 e. The Morgan fingerprint density at radius 3 is 1.18 bits per heavy atom. The van der Waals surface area contributed by atoms with Crippen LogP contribution in [0.25, 0.3) is 0 Å². The van der Waals surface area contributed by atoms with Gasteiger partial charge in [0.05, 0.1) is 33.0 Å². The first-order chi connectivity index (χ1) is 31.0. The van der Waals surface area contributed by atoms with Crippen molar-refractivity contribution in [1.82, 2.24) is 4.90 Å². The summed E-state index contributed by atoms with van der Waals surface area (Å²) >= 11 is 10.9. The predicted molar refractivity (Wildman–Crippen MR) is 221 cm³/mol. The second-order valence-electron chi connectivity index (χ2n) is 15.1. The summed E-state index contributed by atoms with van der Waals surface area (Å²) in [6.45, 7) is -1.59. The number of alkyl halides is 2. The zero-order valence-electron chi connectivity index (χ0n) is 35.7. The lowest BCUT2D eigenvalue weighted by Gasteiger charge is -2.45. The van der Waals surface area contributed by atoms with Gasteiger partial charge in [0, 0.05) is 24.8 Å². The summed E-state index contributed by atoms with van der Waals surface area (Å²) in [5.41, 5.74) is 0. The summed E-state index contributed by atoms with van der Waals surface area (Å²) in [4.78, 5) is 12.0. The van der Waals surface area contributed by atoms with Gasteiger partial charge in [0.1, 0.15) is 122 Å². The van der Waals surface area contributed by atoms with Crippen molar-refractivity contribution in [3.05, 3.63) is 0 Å². The van der Waals surface area contributed by atoms with Gasteiger partial charge in [0.25, 0.3) is 0 Å². The van der Waals surface area contributed by atoms with Crippen LogP contribution in [0.3, 0.4) is 0 Å². The van der Waals surface area contributed by atoms with Crippen molar-refractivity contribution in [3.63, 3.8) is 0 Å². The molecule has 0 aromatic heterocycles. The lowest BCUT2D eigenvalue weighted by molar-refractivity contribution is -0.376. The Bertz CT molecular complexity index is 1250. The third kappa shape index (κ3) is 19.1. The van der Waals surface area contributed by atoms with E-state index in [9.17, 15) is 71.2 Å². The number of aliphatic hydroxyl groups is 21. The highest BCUT2D eigenvalue weighted by Gasteiger charge is 2.51. The molecule has 4 saturated heterocycles. The van der Waals surface area contributed by atoms with Gasteiger partial charge >= 0.3 is 0 Å². The van der Waals surface area contributed by atoms with E-state index in [1.807, 2.05) is 7.05 Å². The first kappa shape index (κ1) is 66.4. The molecular weight excluding hydrogens is 989 g/mol. The van der Waals surface area contributed by atoms with E-state index in [0.717, 1.165) is 13.1 Å². The van der Waals surface area contributed by atoms with E-state index in [1.165, 1.54) is 0 Å². The minimum absolute atomic E-state index is 0. The highest BCUT2D eigenvalue weighted by molar-refractivity contribution is 6.18. The van der Waals surface area contributed by atoms with Gasteiger partial charge in [0.2, 0.25) is 0 Å². The standard InChI is InChI=1S/2C12H22O11.C6H12O6.C5H11Cl2N.ClH/c13-1-3-5(15)6(16)9(19)12(22-3)23-10-4(2-14)21-11(20)8(18)7(10)17;13-1-3-5(15)7(17)9(19)11(21-3)23-12-10(20)8(18)6(16)4(2-14)22-12;7-1-3(9)5(11)6(12)4(10)2-8;1-8(4-2-6)5-3-7;/h2*3-20H,1-2H2;1,3-6,8-12H,2H2;2-5H2,1H3;1H/t3-,4-,5+,6+,7-,8-,9-,10-,11-,12+;3-,4-,5-,6-,7+,8+,9-,10-,11-,12-;3-,4-,5-,6-;;/m111../s1. The molecule has 4 heterocycles. The largest absolute Gasteiger partial charge is 0.394 e. The summed E-state index contributed by atoms with van der Waals surface area (Å²) in [6, 6.07) is 0. The number of nitrogens with zero attached hydrogens (tertiary/aromatic N) is 1.